The first-order chi connectivity index (χ1) is 28.5. The van der Waals surface area contributed by atoms with E-state index in [4.69, 9.17) is 4.98 Å². The zero-order valence-electron chi connectivity index (χ0n) is 35.2. The van der Waals surface area contributed by atoms with E-state index in [1.807, 2.05) is 110 Å². The van der Waals surface area contributed by atoms with Gasteiger partial charge in [-0.3, -0.25) is 19.9 Å². The SMILES string of the molecule is CC(C)(C)c1cc(-c2[c-]cccc2)nc(-c2ccccc2O)c1.CC(C)c1cc(-c2ccccn2)cc(C(C)C)c1-c1cc(-c2ccccn2)[c-]c(-c2ccccn2)c1.[Ir]. The van der Waals surface area contributed by atoms with Gasteiger partial charge in [0, 0.05) is 61.2 Å². The molecule has 0 fully saturated rings. The molecule has 1 N–H and O–H groups in total. The third-order valence-corrected chi connectivity index (χ3v) is 10.3. The molecule has 0 atom stereocenters. The van der Waals surface area contributed by atoms with Crippen molar-refractivity contribution in [1.29, 1.82) is 0 Å². The maximum absolute atomic E-state index is 10.2. The Morgan fingerprint density at radius 3 is 1.52 bits per heavy atom. The number of aromatic hydroxyl groups is 1. The number of para-hydroxylation sites is 1. The van der Waals surface area contributed by atoms with Gasteiger partial charge in [0.25, 0.3) is 0 Å². The van der Waals surface area contributed by atoms with Crippen molar-refractivity contribution < 1.29 is 25.2 Å². The molecule has 0 saturated carbocycles. The number of hydrogen-bond acceptors (Lipinski definition) is 5. The van der Waals surface area contributed by atoms with Crippen LogP contribution in [0.1, 0.15) is 77.0 Å². The fourth-order valence-corrected chi connectivity index (χ4v) is 7.13. The molecule has 303 valence electrons. The summed E-state index contributed by atoms with van der Waals surface area (Å²) in [4.78, 5) is 18.7. The van der Waals surface area contributed by atoms with Crippen molar-refractivity contribution in [3.63, 3.8) is 0 Å². The summed E-state index contributed by atoms with van der Waals surface area (Å²) in [6.45, 7) is 15.6. The number of phenols is 1. The number of aromatic nitrogens is 4. The standard InChI is InChI=1S/C33H30N3.C21H20NO.Ir/c1-22(2)28-20-26(32-13-7-10-16-36-32)21-29(23(3)4)33(28)27-18-24(30-11-5-8-14-34-30)17-25(19-27)31-12-6-9-15-35-31;1-21(2,3)16-13-18(15-9-5-4-6-10-15)22-19(14-16)17-11-7-8-12-20(17)23;/h5-16,18-23H,1-4H3;4-9,11-14,23H,1-3H3;/q2*-1;. The van der Waals surface area contributed by atoms with E-state index in [-0.39, 0.29) is 31.3 Å². The molecule has 0 aliphatic heterocycles. The van der Waals surface area contributed by atoms with Crippen LogP contribution in [0.15, 0.2) is 158 Å². The fourth-order valence-electron chi connectivity index (χ4n) is 7.13. The smallest absolute Gasteiger partial charge is 0.124 e. The number of rotatable bonds is 8. The zero-order valence-corrected chi connectivity index (χ0v) is 37.6. The number of hydrogen-bond donors (Lipinski definition) is 1. The molecule has 0 aliphatic carbocycles. The van der Waals surface area contributed by atoms with Gasteiger partial charge in [-0.2, -0.15) is 0 Å². The van der Waals surface area contributed by atoms with Gasteiger partial charge in [0.05, 0.1) is 11.4 Å². The van der Waals surface area contributed by atoms with E-state index in [9.17, 15) is 5.11 Å². The maximum Gasteiger partial charge on any atom is 0.124 e. The quantitative estimate of drug-likeness (QED) is 0.154. The molecule has 0 aliphatic rings. The van der Waals surface area contributed by atoms with E-state index in [1.165, 1.54) is 22.3 Å². The third kappa shape index (κ3) is 10.2. The molecule has 1 radical (unpaired) electrons. The van der Waals surface area contributed by atoms with E-state index >= 15 is 0 Å². The fraction of sp³-hybridized carbons (Fsp3) is 0.185. The minimum atomic E-state index is -0.00831. The van der Waals surface area contributed by atoms with Crippen LogP contribution in [-0.4, -0.2) is 25.0 Å². The van der Waals surface area contributed by atoms with E-state index in [0.29, 0.717) is 11.8 Å². The summed E-state index contributed by atoms with van der Waals surface area (Å²) in [7, 11) is 0. The minimum absolute atomic E-state index is 0. The summed E-state index contributed by atoms with van der Waals surface area (Å²) in [5.41, 5.74) is 15.5. The predicted octanol–water partition coefficient (Wildman–Crippen LogP) is 13.8. The van der Waals surface area contributed by atoms with Crippen molar-refractivity contribution in [2.75, 3.05) is 0 Å². The van der Waals surface area contributed by atoms with Crippen LogP contribution in [0, 0.1) is 12.1 Å². The van der Waals surface area contributed by atoms with Crippen LogP contribution in [0.2, 0.25) is 0 Å². The number of nitrogens with zero attached hydrogens (tertiary/aromatic N) is 4. The molecule has 5 nitrogen and oxygen atoms in total. The first kappa shape index (κ1) is 43.5. The summed E-state index contributed by atoms with van der Waals surface area (Å²) in [6.07, 6.45) is 5.52. The van der Waals surface area contributed by atoms with Crippen molar-refractivity contribution in [3.8, 4) is 73.2 Å². The Bertz CT molecular complexity index is 2550. The van der Waals surface area contributed by atoms with Crippen LogP contribution < -0.4 is 0 Å². The monoisotopic (exact) mass is 963 g/mol. The molecular weight excluding hydrogens is 913 g/mol. The van der Waals surface area contributed by atoms with Gasteiger partial charge in [-0.25, -0.2) is 0 Å². The summed E-state index contributed by atoms with van der Waals surface area (Å²) in [5, 5.41) is 10.2. The Hall–Kier alpha value is -6.07. The Balaban J connectivity index is 0.000000218. The van der Waals surface area contributed by atoms with Crippen molar-refractivity contribution in [3.05, 3.63) is 187 Å². The number of benzene rings is 4. The maximum atomic E-state index is 10.2. The Morgan fingerprint density at radius 1 is 0.517 bits per heavy atom. The molecule has 8 aromatic rings. The van der Waals surface area contributed by atoms with Crippen LogP contribution in [-0.2, 0) is 25.5 Å². The molecule has 6 heteroatoms. The van der Waals surface area contributed by atoms with Crippen LogP contribution >= 0.6 is 0 Å². The molecular formula is C54H50IrN4O-2. The molecule has 4 aromatic carbocycles. The molecule has 0 bridgehead atoms. The molecule has 4 heterocycles. The Labute approximate surface area is 369 Å². The van der Waals surface area contributed by atoms with E-state index < -0.39 is 0 Å². The van der Waals surface area contributed by atoms with Gasteiger partial charge in [0.15, 0.2) is 0 Å². The Kier molecular flexibility index (Phi) is 14.0. The van der Waals surface area contributed by atoms with Gasteiger partial charge in [0.2, 0.25) is 0 Å². The van der Waals surface area contributed by atoms with Crippen molar-refractivity contribution in [2.24, 2.45) is 0 Å². The summed E-state index contributed by atoms with van der Waals surface area (Å²) >= 11 is 0. The molecule has 8 rings (SSSR count). The average Bonchev–Trinajstić information content (AvgIpc) is 3.27. The van der Waals surface area contributed by atoms with Gasteiger partial charge in [-0.1, -0.05) is 114 Å². The van der Waals surface area contributed by atoms with Crippen LogP contribution in [0.5, 0.6) is 5.75 Å². The van der Waals surface area contributed by atoms with Gasteiger partial charge < -0.3 is 5.11 Å². The van der Waals surface area contributed by atoms with Crippen molar-refractivity contribution >= 4 is 0 Å². The first-order valence-corrected chi connectivity index (χ1v) is 20.2. The van der Waals surface area contributed by atoms with E-state index in [0.717, 1.165) is 61.9 Å². The number of phenolic OH excluding ortho intramolecular Hbond substituents is 1. The van der Waals surface area contributed by atoms with Crippen molar-refractivity contribution in [1.82, 2.24) is 19.9 Å². The van der Waals surface area contributed by atoms with Gasteiger partial charge in [-0.15, -0.1) is 54.1 Å². The zero-order chi connectivity index (χ0) is 41.5. The van der Waals surface area contributed by atoms with Crippen LogP contribution in [0.4, 0.5) is 0 Å². The molecule has 0 amide bonds. The molecule has 60 heavy (non-hydrogen) atoms. The van der Waals surface area contributed by atoms with Crippen molar-refractivity contribution in [2.45, 2.75) is 65.7 Å². The van der Waals surface area contributed by atoms with Gasteiger partial charge in [-0.05, 0) is 99.8 Å². The second-order valence-corrected chi connectivity index (χ2v) is 16.4. The summed E-state index contributed by atoms with van der Waals surface area (Å²) < 4.78 is 0. The average molecular weight is 963 g/mol. The topological polar surface area (TPSA) is 71.8 Å². The van der Waals surface area contributed by atoms with Gasteiger partial charge in [0.1, 0.15) is 5.75 Å². The number of pyridine rings is 4. The van der Waals surface area contributed by atoms with E-state index in [2.05, 4.69) is 118 Å². The third-order valence-electron chi connectivity index (χ3n) is 10.3. The predicted molar refractivity (Wildman–Crippen MR) is 243 cm³/mol. The first-order valence-electron chi connectivity index (χ1n) is 20.2. The normalized spacial score (nSPS) is 11.2. The Morgan fingerprint density at radius 2 is 1.03 bits per heavy atom. The van der Waals surface area contributed by atoms with Crippen LogP contribution in [0.3, 0.4) is 0 Å². The molecule has 0 unspecified atom stereocenters. The molecule has 0 spiro atoms. The van der Waals surface area contributed by atoms with E-state index in [1.54, 1.807) is 6.07 Å². The van der Waals surface area contributed by atoms with Crippen LogP contribution in [0.25, 0.3) is 67.4 Å². The molecule has 0 saturated heterocycles. The second kappa shape index (κ2) is 19.3. The second-order valence-electron chi connectivity index (χ2n) is 16.4. The minimum Gasteiger partial charge on any atom is -0.507 e. The largest absolute Gasteiger partial charge is 0.507 e. The summed E-state index contributed by atoms with van der Waals surface area (Å²) in [5.74, 6) is 0.915. The molecule has 4 aromatic heterocycles. The summed E-state index contributed by atoms with van der Waals surface area (Å²) in [6, 6.07) is 53.3. The van der Waals surface area contributed by atoms with Gasteiger partial charge >= 0.3 is 0 Å².